The first-order valence-corrected chi connectivity index (χ1v) is 6.65. The van der Waals surface area contributed by atoms with Crippen LogP contribution in [0, 0.1) is 0 Å². The fraction of sp³-hybridized carbons (Fsp3) is 1.00. The van der Waals surface area contributed by atoms with Crippen LogP contribution in [0.2, 0.25) is 0 Å². The summed E-state index contributed by atoms with van der Waals surface area (Å²) in [6, 6.07) is 0.966. The number of nitrogens with two attached hydrogens (primary N) is 1. The molecule has 1 heterocycles. The van der Waals surface area contributed by atoms with Gasteiger partial charge in [0.1, 0.15) is 0 Å². The standard InChI is InChI=1S/C12H25N3O/c13-11-3-1-4-12(11)14-5-2-6-15-7-9-16-10-8-15/h11-12,14H,1-10,13H2/t11-,12-/m0/s1. The minimum absolute atomic E-state index is 0.392. The van der Waals surface area contributed by atoms with Gasteiger partial charge in [-0.05, 0) is 32.4 Å². The Kier molecular flexibility index (Phi) is 5.03. The van der Waals surface area contributed by atoms with Crippen LogP contribution in [-0.4, -0.2) is 56.4 Å². The number of nitrogens with one attached hydrogen (secondary N) is 1. The zero-order valence-corrected chi connectivity index (χ0v) is 10.2. The average molecular weight is 227 g/mol. The molecule has 0 aromatic heterocycles. The molecule has 1 aliphatic heterocycles. The van der Waals surface area contributed by atoms with E-state index in [2.05, 4.69) is 10.2 Å². The maximum Gasteiger partial charge on any atom is 0.0594 e. The molecule has 0 radical (unpaired) electrons. The van der Waals surface area contributed by atoms with Crippen LogP contribution in [-0.2, 0) is 4.74 Å². The first-order valence-electron chi connectivity index (χ1n) is 6.65. The van der Waals surface area contributed by atoms with Crippen LogP contribution < -0.4 is 11.1 Å². The Morgan fingerprint density at radius 2 is 2.06 bits per heavy atom. The number of ether oxygens (including phenoxy) is 1. The van der Waals surface area contributed by atoms with E-state index in [-0.39, 0.29) is 0 Å². The molecule has 4 nitrogen and oxygen atoms in total. The highest BCUT2D eigenvalue weighted by Crippen LogP contribution is 2.16. The van der Waals surface area contributed by atoms with Gasteiger partial charge in [-0.15, -0.1) is 0 Å². The lowest BCUT2D eigenvalue weighted by atomic mass is 10.2. The monoisotopic (exact) mass is 227 g/mol. The highest BCUT2D eigenvalue weighted by Gasteiger charge is 2.22. The topological polar surface area (TPSA) is 50.5 Å². The molecule has 0 amide bonds. The number of hydrogen-bond donors (Lipinski definition) is 2. The predicted octanol–water partition coefficient (Wildman–Crippen LogP) is 0.178. The van der Waals surface area contributed by atoms with Crippen molar-refractivity contribution in [3.8, 4) is 0 Å². The summed E-state index contributed by atoms with van der Waals surface area (Å²) in [7, 11) is 0. The van der Waals surface area contributed by atoms with Crippen LogP contribution in [0.15, 0.2) is 0 Å². The Balaban J connectivity index is 1.51. The molecule has 16 heavy (non-hydrogen) atoms. The van der Waals surface area contributed by atoms with Gasteiger partial charge >= 0.3 is 0 Å². The van der Waals surface area contributed by atoms with Crippen LogP contribution in [0.5, 0.6) is 0 Å². The fourth-order valence-electron chi connectivity index (χ4n) is 2.66. The van der Waals surface area contributed by atoms with Crippen LogP contribution in [0.25, 0.3) is 0 Å². The van der Waals surface area contributed by atoms with E-state index in [1.54, 1.807) is 0 Å². The van der Waals surface area contributed by atoms with E-state index in [4.69, 9.17) is 10.5 Å². The minimum Gasteiger partial charge on any atom is -0.379 e. The van der Waals surface area contributed by atoms with E-state index in [0.717, 1.165) is 32.8 Å². The smallest absolute Gasteiger partial charge is 0.0594 e. The molecule has 94 valence electrons. The van der Waals surface area contributed by atoms with E-state index in [0.29, 0.717) is 12.1 Å². The van der Waals surface area contributed by atoms with Crippen molar-refractivity contribution in [1.82, 2.24) is 10.2 Å². The zero-order valence-electron chi connectivity index (χ0n) is 10.2. The van der Waals surface area contributed by atoms with Gasteiger partial charge in [0.15, 0.2) is 0 Å². The number of morpholine rings is 1. The maximum absolute atomic E-state index is 6.01. The number of hydrogen-bond acceptors (Lipinski definition) is 4. The van der Waals surface area contributed by atoms with Gasteiger partial charge in [-0.25, -0.2) is 0 Å². The first-order chi connectivity index (χ1) is 7.86. The van der Waals surface area contributed by atoms with Gasteiger partial charge in [0.2, 0.25) is 0 Å². The SMILES string of the molecule is N[C@H]1CCC[C@@H]1NCCCN1CCOCC1. The average Bonchev–Trinajstić information content (AvgIpc) is 2.72. The molecule has 2 rings (SSSR count). The molecule has 1 aliphatic carbocycles. The van der Waals surface area contributed by atoms with Crippen LogP contribution in [0.3, 0.4) is 0 Å². The van der Waals surface area contributed by atoms with Gasteiger partial charge in [0.05, 0.1) is 13.2 Å². The molecular weight excluding hydrogens is 202 g/mol. The van der Waals surface area contributed by atoms with Gasteiger partial charge in [-0.1, -0.05) is 6.42 Å². The first kappa shape index (κ1) is 12.3. The lowest BCUT2D eigenvalue weighted by Crippen LogP contribution is -2.42. The molecule has 2 aliphatic rings. The highest BCUT2D eigenvalue weighted by molar-refractivity contribution is 4.85. The molecule has 0 spiro atoms. The van der Waals surface area contributed by atoms with Crippen molar-refractivity contribution in [3.05, 3.63) is 0 Å². The number of nitrogens with zero attached hydrogens (tertiary/aromatic N) is 1. The molecule has 2 atom stereocenters. The second kappa shape index (κ2) is 6.55. The summed E-state index contributed by atoms with van der Waals surface area (Å²) in [5.74, 6) is 0. The van der Waals surface area contributed by atoms with Crippen molar-refractivity contribution in [3.63, 3.8) is 0 Å². The third kappa shape index (κ3) is 3.70. The largest absolute Gasteiger partial charge is 0.379 e. The molecule has 0 unspecified atom stereocenters. The van der Waals surface area contributed by atoms with E-state index in [1.807, 2.05) is 0 Å². The molecule has 1 saturated carbocycles. The summed E-state index contributed by atoms with van der Waals surface area (Å²) < 4.78 is 5.33. The quantitative estimate of drug-likeness (QED) is 0.658. The Bertz CT molecular complexity index is 195. The fourth-order valence-corrected chi connectivity index (χ4v) is 2.66. The summed E-state index contributed by atoms with van der Waals surface area (Å²) >= 11 is 0. The van der Waals surface area contributed by atoms with Crippen LogP contribution in [0.1, 0.15) is 25.7 Å². The van der Waals surface area contributed by atoms with Crippen molar-refractivity contribution in [2.45, 2.75) is 37.8 Å². The van der Waals surface area contributed by atoms with Crippen molar-refractivity contribution in [2.24, 2.45) is 5.73 Å². The second-order valence-electron chi connectivity index (χ2n) is 4.96. The molecule has 4 heteroatoms. The summed E-state index contributed by atoms with van der Waals surface area (Å²) in [6.07, 6.45) is 4.98. The molecule has 0 aromatic carbocycles. The zero-order chi connectivity index (χ0) is 11.2. The highest BCUT2D eigenvalue weighted by atomic mass is 16.5. The van der Waals surface area contributed by atoms with Crippen LogP contribution >= 0.6 is 0 Å². The van der Waals surface area contributed by atoms with Gasteiger partial charge < -0.3 is 15.8 Å². The summed E-state index contributed by atoms with van der Waals surface area (Å²) in [5.41, 5.74) is 6.01. The Hall–Kier alpha value is -0.160. The van der Waals surface area contributed by atoms with Crippen LogP contribution in [0.4, 0.5) is 0 Å². The normalized spacial score (nSPS) is 32.1. The molecule has 2 fully saturated rings. The molecule has 0 aromatic rings. The third-order valence-electron chi connectivity index (χ3n) is 3.73. The predicted molar refractivity (Wildman–Crippen MR) is 65.5 cm³/mol. The van der Waals surface area contributed by atoms with Gasteiger partial charge in [0, 0.05) is 25.2 Å². The Morgan fingerprint density at radius 3 is 2.75 bits per heavy atom. The van der Waals surface area contributed by atoms with E-state index in [9.17, 15) is 0 Å². The molecule has 1 saturated heterocycles. The maximum atomic E-state index is 6.01. The van der Waals surface area contributed by atoms with Gasteiger partial charge in [0.25, 0.3) is 0 Å². The molecular formula is C12H25N3O. The Labute approximate surface area is 98.5 Å². The van der Waals surface area contributed by atoms with Gasteiger partial charge in [-0.3, -0.25) is 4.90 Å². The summed E-state index contributed by atoms with van der Waals surface area (Å²) in [6.45, 7) is 6.31. The summed E-state index contributed by atoms with van der Waals surface area (Å²) in [5, 5.41) is 3.59. The van der Waals surface area contributed by atoms with E-state index >= 15 is 0 Å². The Morgan fingerprint density at radius 1 is 1.25 bits per heavy atom. The van der Waals surface area contributed by atoms with Crippen molar-refractivity contribution < 1.29 is 4.74 Å². The van der Waals surface area contributed by atoms with Crippen molar-refractivity contribution >= 4 is 0 Å². The van der Waals surface area contributed by atoms with E-state index in [1.165, 1.54) is 32.2 Å². The third-order valence-corrected chi connectivity index (χ3v) is 3.73. The lowest BCUT2D eigenvalue weighted by Gasteiger charge is -2.27. The number of rotatable bonds is 5. The second-order valence-corrected chi connectivity index (χ2v) is 4.96. The molecule has 3 N–H and O–H groups in total. The minimum atomic E-state index is 0.392. The lowest BCUT2D eigenvalue weighted by molar-refractivity contribution is 0.0374. The summed E-state index contributed by atoms with van der Waals surface area (Å²) in [4.78, 5) is 2.49. The van der Waals surface area contributed by atoms with Crippen molar-refractivity contribution in [2.75, 3.05) is 39.4 Å². The van der Waals surface area contributed by atoms with Crippen molar-refractivity contribution in [1.29, 1.82) is 0 Å². The molecule has 0 bridgehead atoms. The van der Waals surface area contributed by atoms with Gasteiger partial charge in [-0.2, -0.15) is 0 Å². The van der Waals surface area contributed by atoms with E-state index < -0.39 is 0 Å².